The van der Waals surface area contributed by atoms with Crippen molar-refractivity contribution in [2.45, 2.75) is 51.4 Å². The molecule has 148 valence electrons. The average molecular weight is 387 g/mol. The van der Waals surface area contributed by atoms with Crippen LogP contribution in [0.15, 0.2) is 47.0 Å². The molecule has 1 aliphatic rings. The number of rotatable bonds is 3. The molecule has 0 unspecified atom stereocenters. The Kier molecular flexibility index (Phi) is 3.69. The van der Waals surface area contributed by atoms with Crippen molar-refractivity contribution in [2.24, 2.45) is 0 Å². The third kappa shape index (κ3) is 2.92. The van der Waals surface area contributed by atoms with Gasteiger partial charge in [-0.2, -0.15) is 0 Å². The molecule has 0 aliphatic heterocycles. The Morgan fingerprint density at radius 2 is 1.93 bits per heavy atom. The Bertz CT molecular complexity index is 1250. The Morgan fingerprint density at radius 1 is 1.14 bits per heavy atom. The van der Waals surface area contributed by atoms with Gasteiger partial charge in [0, 0.05) is 33.1 Å². The maximum absolute atomic E-state index is 13.2. The van der Waals surface area contributed by atoms with Crippen LogP contribution >= 0.6 is 0 Å². The Morgan fingerprint density at radius 3 is 2.66 bits per heavy atom. The van der Waals surface area contributed by atoms with Crippen LogP contribution in [0.25, 0.3) is 21.9 Å². The number of aromatic nitrogens is 2. The van der Waals surface area contributed by atoms with Crippen LogP contribution in [0.2, 0.25) is 0 Å². The molecule has 1 aliphatic carbocycles. The fraction of sp³-hybridized carbons (Fsp3) is 0.333. The number of anilines is 1. The van der Waals surface area contributed by atoms with Gasteiger partial charge in [-0.1, -0.05) is 32.0 Å². The number of carbonyl (C=O) groups is 1. The van der Waals surface area contributed by atoms with Gasteiger partial charge in [0.15, 0.2) is 5.58 Å². The number of hydrogen-bond donors (Lipinski definition) is 2. The minimum absolute atomic E-state index is 0.0527. The summed E-state index contributed by atoms with van der Waals surface area (Å²) in [5.41, 5.74) is 5.35. The summed E-state index contributed by atoms with van der Waals surface area (Å²) < 4.78 is 5.31. The summed E-state index contributed by atoms with van der Waals surface area (Å²) in [5.74, 6) is 0.0527. The van der Waals surface area contributed by atoms with Crippen LogP contribution in [0.5, 0.6) is 0 Å². The minimum Gasteiger partial charge on any atom is -0.358 e. The molecule has 4 aromatic rings. The van der Waals surface area contributed by atoms with E-state index >= 15 is 0 Å². The van der Waals surface area contributed by atoms with E-state index < -0.39 is 5.41 Å². The van der Waals surface area contributed by atoms with Gasteiger partial charge in [0.25, 0.3) is 0 Å². The standard InChI is InChI=1S/C24H25N3O2/c1-14-18-13-16(5-8-20(18)29-27-14)24(9-10-24)22(28)25-17-6-7-19-15(11-17)12-21(26-19)23(2,3)4/h5-8,11-13,26H,9-10H2,1-4H3,(H,25,28). The van der Waals surface area contributed by atoms with Gasteiger partial charge in [0.2, 0.25) is 5.91 Å². The number of aromatic amines is 1. The zero-order valence-corrected chi connectivity index (χ0v) is 17.2. The molecular formula is C24H25N3O2. The lowest BCUT2D eigenvalue weighted by Gasteiger charge is -2.16. The fourth-order valence-electron chi connectivity index (χ4n) is 3.99. The quantitative estimate of drug-likeness (QED) is 0.482. The van der Waals surface area contributed by atoms with E-state index in [2.05, 4.69) is 48.4 Å². The zero-order valence-electron chi connectivity index (χ0n) is 17.2. The van der Waals surface area contributed by atoms with Crippen LogP contribution in [0.3, 0.4) is 0 Å². The van der Waals surface area contributed by atoms with E-state index in [1.807, 2.05) is 37.3 Å². The Balaban J connectivity index is 1.43. The number of benzene rings is 2. The van der Waals surface area contributed by atoms with Gasteiger partial charge in [-0.25, -0.2) is 0 Å². The fourth-order valence-corrected chi connectivity index (χ4v) is 3.99. The van der Waals surface area contributed by atoms with E-state index in [4.69, 9.17) is 4.52 Å². The normalized spacial score (nSPS) is 15.7. The SMILES string of the molecule is Cc1noc2ccc(C3(C(=O)Nc4ccc5[nH]c(C(C)(C)C)cc5c4)CC3)cc12. The lowest BCUT2D eigenvalue weighted by atomic mass is 9.92. The molecule has 5 rings (SSSR count). The van der Waals surface area contributed by atoms with Crippen molar-refractivity contribution in [2.75, 3.05) is 5.32 Å². The van der Waals surface area contributed by atoms with E-state index in [0.717, 1.165) is 51.7 Å². The van der Waals surface area contributed by atoms with Gasteiger partial charge in [-0.3, -0.25) is 4.79 Å². The summed E-state index contributed by atoms with van der Waals surface area (Å²) in [6.45, 7) is 8.48. The number of nitrogens with one attached hydrogen (secondary N) is 2. The maximum atomic E-state index is 13.2. The molecule has 1 saturated carbocycles. The van der Waals surface area contributed by atoms with Gasteiger partial charge < -0.3 is 14.8 Å². The van der Waals surface area contributed by atoms with Crippen molar-refractivity contribution < 1.29 is 9.32 Å². The second-order valence-electron chi connectivity index (χ2n) is 9.25. The summed E-state index contributed by atoms with van der Waals surface area (Å²) in [6, 6.07) is 14.2. The molecule has 2 aromatic carbocycles. The van der Waals surface area contributed by atoms with E-state index in [1.54, 1.807) is 0 Å². The summed E-state index contributed by atoms with van der Waals surface area (Å²) in [6.07, 6.45) is 1.71. The highest BCUT2D eigenvalue weighted by atomic mass is 16.5. The Hall–Kier alpha value is -3.08. The number of H-pyrrole nitrogens is 1. The number of fused-ring (bicyclic) bond motifs is 2. The summed E-state index contributed by atoms with van der Waals surface area (Å²) >= 11 is 0. The number of hydrogen-bond acceptors (Lipinski definition) is 3. The molecule has 0 radical (unpaired) electrons. The molecule has 1 amide bonds. The average Bonchev–Trinajstić information content (AvgIpc) is 3.25. The van der Waals surface area contributed by atoms with E-state index in [-0.39, 0.29) is 11.3 Å². The third-order valence-corrected chi connectivity index (χ3v) is 6.07. The first kappa shape index (κ1) is 18.0. The number of aryl methyl sites for hydroxylation is 1. The van der Waals surface area contributed by atoms with Crippen molar-refractivity contribution >= 4 is 33.5 Å². The van der Waals surface area contributed by atoms with Crippen LogP contribution in [0.1, 0.15) is 50.6 Å². The summed E-state index contributed by atoms with van der Waals surface area (Å²) in [7, 11) is 0. The highest BCUT2D eigenvalue weighted by Gasteiger charge is 2.51. The molecule has 0 spiro atoms. The van der Waals surface area contributed by atoms with Gasteiger partial charge in [-0.05, 0) is 61.7 Å². The number of amides is 1. The van der Waals surface area contributed by atoms with Crippen LogP contribution < -0.4 is 5.32 Å². The van der Waals surface area contributed by atoms with Crippen molar-refractivity contribution in [3.05, 3.63) is 59.4 Å². The molecule has 1 fully saturated rings. The van der Waals surface area contributed by atoms with Crippen molar-refractivity contribution in [3.8, 4) is 0 Å². The van der Waals surface area contributed by atoms with Crippen molar-refractivity contribution in [1.29, 1.82) is 0 Å². The predicted octanol–water partition coefficient (Wildman–Crippen LogP) is 5.59. The third-order valence-electron chi connectivity index (χ3n) is 6.07. The lowest BCUT2D eigenvalue weighted by Crippen LogP contribution is -2.27. The van der Waals surface area contributed by atoms with E-state index in [0.29, 0.717) is 0 Å². The second kappa shape index (κ2) is 5.96. The topological polar surface area (TPSA) is 70.9 Å². The van der Waals surface area contributed by atoms with Gasteiger partial charge in [-0.15, -0.1) is 0 Å². The molecule has 5 nitrogen and oxygen atoms in total. The van der Waals surface area contributed by atoms with Crippen molar-refractivity contribution in [3.63, 3.8) is 0 Å². The smallest absolute Gasteiger partial charge is 0.235 e. The first-order valence-corrected chi connectivity index (χ1v) is 10.1. The first-order chi connectivity index (χ1) is 13.8. The zero-order chi connectivity index (χ0) is 20.4. The monoisotopic (exact) mass is 387 g/mol. The first-order valence-electron chi connectivity index (χ1n) is 10.1. The maximum Gasteiger partial charge on any atom is 0.235 e. The molecule has 0 saturated heterocycles. The van der Waals surface area contributed by atoms with Crippen LogP contribution in [0.4, 0.5) is 5.69 Å². The van der Waals surface area contributed by atoms with Gasteiger partial charge in [0.1, 0.15) is 0 Å². The van der Waals surface area contributed by atoms with E-state index in [9.17, 15) is 4.79 Å². The van der Waals surface area contributed by atoms with Crippen LogP contribution in [-0.2, 0) is 15.6 Å². The highest BCUT2D eigenvalue weighted by Crippen LogP contribution is 2.49. The van der Waals surface area contributed by atoms with E-state index in [1.165, 1.54) is 5.69 Å². The Labute approximate surface area is 169 Å². The molecule has 0 bridgehead atoms. The second-order valence-corrected chi connectivity index (χ2v) is 9.25. The molecule has 2 heterocycles. The van der Waals surface area contributed by atoms with Crippen LogP contribution in [-0.4, -0.2) is 16.0 Å². The lowest BCUT2D eigenvalue weighted by molar-refractivity contribution is -0.118. The number of carbonyl (C=O) groups excluding carboxylic acids is 1. The molecule has 2 aromatic heterocycles. The molecule has 29 heavy (non-hydrogen) atoms. The molecular weight excluding hydrogens is 362 g/mol. The van der Waals surface area contributed by atoms with Gasteiger partial charge >= 0.3 is 0 Å². The minimum atomic E-state index is -0.457. The van der Waals surface area contributed by atoms with Gasteiger partial charge in [0.05, 0.1) is 11.1 Å². The number of nitrogens with zero attached hydrogens (tertiary/aromatic N) is 1. The summed E-state index contributed by atoms with van der Waals surface area (Å²) in [4.78, 5) is 16.7. The highest BCUT2D eigenvalue weighted by molar-refractivity contribution is 6.03. The van der Waals surface area contributed by atoms with Crippen molar-refractivity contribution in [1.82, 2.24) is 10.1 Å². The largest absolute Gasteiger partial charge is 0.358 e. The predicted molar refractivity (Wildman–Crippen MR) is 115 cm³/mol. The van der Waals surface area contributed by atoms with Crippen LogP contribution in [0, 0.1) is 6.92 Å². The summed E-state index contributed by atoms with van der Waals surface area (Å²) in [5, 5.41) is 9.26. The molecule has 2 N–H and O–H groups in total. The molecule has 5 heteroatoms. The molecule has 0 atom stereocenters.